The maximum Gasteiger partial charge on any atom is 0.239 e. The van der Waals surface area contributed by atoms with Gasteiger partial charge >= 0.3 is 0 Å². The van der Waals surface area contributed by atoms with Crippen LogP contribution >= 0.6 is 11.6 Å². The Kier molecular flexibility index (Phi) is 5.03. The van der Waals surface area contributed by atoms with E-state index >= 15 is 0 Å². The molecule has 0 saturated heterocycles. The Morgan fingerprint density at radius 1 is 1.59 bits per heavy atom. The molecule has 0 aliphatic carbocycles. The van der Waals surface area contributed by atoms with Crippen molar-refractivity contribution in [2.75, 3.05) is 24.1 Å². The van der Waals surface area contributed by atoms with Crippen LogP contribution in [0, 0.1) is 5.92 Å². The highest BCUT2D eigenvalue weighted by molar-refractivity contribution is 6.30. The minimum atomic E-state index is -0.0881. The second-order valence-electron chi connectivity index (χ2n) is 4.14. The molecule has 5 nitrogen and oxygen atoms in total. The fourth-order valence-corrected chi connectivity index (χ4v) is 1.31. The van der Waals surface area contributed by atoms with Crippen LogP contribution in [0.25, 0.3) is 0 Å². The van der Waals surface area contributed by atoms with Crippen LogP contribution in [0.3, 0.4) is 0 Å². The van der Waals surface area contributed by atoms with Gasteiger partial charge in [0.05, 0.1) is 17.3 Å². The molecule has 0 bridgehead atoms. The number of carbonyl (C=O) groups excluding carboxylic acids is 1. The summed E-state index contributed by atoms with van der Waals surface area (Å²) < 4.78 is 0. The van der Waals surface area contributed by atoms with E-state index in [0.29, 0.717) is 29.0 Å². The van der Waals surface area contributed by atoms with Crippen LogP contribution in [0.1, 0.15) is 13.8 Å². The number of pyridine rings is 1. The fraction of sp³-hybridized carbons (Fsp3) is 0.455. The van der Waals surface area contributed by atoms with Gasteiger partial charge in [-0.25, -0.2) is 4.98 Å². The number of amides is 1. The molecule has 0 aliphatic rings. The van der Waals surface area contributed by atoms with Crippen molar-refractivity contribution in [3.63, 3.8) is 0 Å². The SMILES string of the molecule is CC(C)CNC(=O)CNc1ncc(Cl)cc1N. The van der Waals surface area contributed by atoms with Gasteiger partial charge in [0.1, 0.15) is 5.82 Å². The third kappa shape index (κ3) is 4.91. The fourth-order valence-electron chi connectivity index (χ4n) is 1.15. The standard InChI is InChI=1S/C11H17ClN4O/c1-7(2)4-14-10(17)6-16-11-9(13)3-8(12)5-15-11/h3,5,7H,4,6,13H2,1-2H3,(H,14,17)(H,15,16). The topological polar surface area (TPSA) is 80.0 Å². The largest absolute Gasteiger partial charge is 0.396 e. The molecule has 1 aromatic heterocycles. The van der Waals surface area contributed by atoms with E-state index in [9.17, 15) is 4.79 Å². The van der Waals surface area contributed by atoms with Crippen LogP contribution in [0.2, 0.25) is 5.02 Å². The van der Waals surface area contributed by atoms with E-state index in [4.69, 9.17) is 17.3 Å². The molecule has 0 unspecified atom stereocenters. The van der Waals surface area contributed by atoms with Crippen LogP contribution in [-0.2, 0) is 4.79 Å². The summed E-state index contributed by atoms with van der Waals surface area (Å²) in [6.45, 7) is 4.87. The second kappa shape index (κ2) is 6.30. The lowest BCUT2D eigenvalue weighted by molar-refractivity contribution is -0.119. The normalized spacial score (nSPS) is 10.4. The molecule has 1 amide bonds. The smallest absolute Gasteiger partial charge is 0.239 e. The number of nitrogens with one attached hydrogen (secondary N) is 2. The van der Waals surface area contributed by atoms with Crippen LogP contribution in [0.15, 0.2) is 12.3 Å². The summed E-state index contributed by atoms with van der Waals surface area (Å²) in [5.41, 5.74) is 6.11. The van der Waals surface area contributed by atoms with Crippen LogP contribution in [0.4, 0.5) is 11.5 Å². The Bertz CT molecular complexity index is 395. The third-order valence-corrected chi connectivity index (χ3v) is 2.21. The number of nitrogens with zero attached hydrogens (tertiary/aromatic N) is 1. The van der Waals surface area contributed by atoms with E-state index in [2.05, 4.69) is 15.6 Å². The number of halogens is 1. The van der Waals surface area contributed by atoms with Crippen LogP contribution in [0.5, 0.6) is 0 Å². The van der Waals surface area contributed by atoms with Gasteiger partial charge in [-0.05, 0) is 12.0 Å². The van der Waals surface area contributed by atoms with Crippen molar-refractivity contribution >= 4 is 29.0 Å². The molecule has 0 aliphatic heterocycles. The molecule has 0 aromatic carbocycles. The lowest BCUT2D eigenvalue weighted by Crippen LogP contribution is -2.32. The maximum atomic E-state index is 11.4. The minimum Gasteiger partial charge on any atom is -0.396 e. The zero-order valence-electron chi connectivity index (χ0n) is 9.96. The molecule has 4 N–H and O–H groups in total. The highest BCUT2D eigenvalue weighted by Gasteiger charge is 2.05. The average Bonchev–Trinajstić information content (AvgIpc) is 2.25. The Morgan fingerprint density at radius 2 is 2.29 bits per heavy atom. The van der Waals surface area contributed by atoms with Crippen molar-refractivity contribution in [3.05, 3.63) is 17.3 Å². The first kappa shape index (κ1) is 13.6. The van der Waals surface area contributed by atoms with Gasteiger partial charge in [-0.15, -0.1) is 0 Å². The van der Waals surface area contributed by atoms with Gasteiger partial charge in [0.25, 0.3) is 0 Å². The van der Waals surface area contributed by atoms with Crippen molar-refractivity contribution in [1.82, 2.24) is 10.3 Å². The van der Waals surface area contributed by atoms with E-state index in [1.807, 2.05) is 13.8 Å². The van der Waals surface area contributed by atoms with E-state index in [-0.39, 0.29) is 12.5 Å². The summed E-state index contributed by atoms with van der Waals surface area (Å²) in [5, 5.41) is 6.11. The molecule has 1 heterocycles. The number of rotatable bonds is 5. The van der Waals surface area contributed by atoms with Gasteiger partial charge in [0.15, 0.2) is 0 Å². The van der Waals surface area contributed by atoms with Gasteiger partial charge in [-0.3, -0.25) is 4.79 Å². The van der Waals surface area contributed by atoms with Crippen molar-refractivity contribution in [2.45, 2.75) is 13.8 Å². The quantitative estimate of drug-likeness (QED) is 0.746. The Hall–Kier alpha value is -1.49. The van der Waals surface area contributed by atoms with Gasteiger partial charge in [0.2, 0.25) is 5.91 Å². The summed E-state index contributed by atoms with van der Waals surface area (Å²) >= 11 is 5.71. The highest BCUT2D eigenvalue weighted by atomic mass is 35.5. The Balaban J connectivity index is 2.42. The number of hydrogen-bond acceptors (Lipinski definition) is 4. The number of nitrogen functional groups attached to an aromatic ring is 1. The maximum absolute atomic E-state index is 11.4. The highest BCUT2D eigenvalue weighted by Crippen LogP contribution is 2.18. The monoisotopic (exact) mass is 256 g/mol. The summed E-state index contributed by atoms with van der Waals surface area (Å²) in [4.78, 5) is 15.4. The zero-order valence-corrected chi connectivity index (χ0v) is 10.7. The molecule has 6 heteroatoms. The first-order valence-electron chi connectivity index (χ1n) is 5.40. The number of carbonyl (C=O) groups is 1. The lowest BCUT2D eigenvalue weighted by atomic mass is 10.2. The molecule has 0 atom stereocenters. The molecule has 0 radical (unpaired) electrons. The second-order valence-corrected chi connectivity index (χ2v) is 4.58. The summed E-state index contributed by atoms with van der Waals surface area (Å²) in [6.07, 6.45) is 1.48. The summed E-state index contributed by atoms with van der Waals surface area (Å²) in [7, 11) is 0. The van der Waals surface area contributed by atoms with E-state index in [1.54, 1.807) is 6.07 Å². The van der Waals surface area contributed by atoms with Gasteiger partial charge in [0, 0.05) is 12.7 Å². The van der Waals surface area contributed by atoms with Crippen LogP contribution in [-0.4, -0.2) is 24.0 Å². The van der Waals surface area contributed by atoms with E-state index in [1.165, 1.54) is 6.20 Å². The Morgan fingerprint density at radius 3 is 2.88 bits per heavy atom. The molecule has 0 fully saturated rings. The predicted octanol–water partition coefficient (Wildman–Crippen LogP) is 1.50. The molecular formula is C11H17ClN4O. The van der Waals surface area contributed by atoms with Gasteiger partial charge < -0.3 is 16.4 Å². The molecular weight excluding hydrogens is 240 g/mol. The predicted molar refractivity (Wildman–Crippen MR) is 70.0 cm³/mol. The van der Waals surface area contributed by atoms with E-state index < -0.39 is 0 Å². The van der Waals surface area contributed by atoms with Crippen molar-refractivity contribution in [2.24, 2.45) is 5.92 Å². The van der Waals surface area contributed by atoms with Gasteiger partial charge in [-0.1, -0.05) is 25.4 Å². The lowest BCUT2D eigenvalue weighted by Gasteiger charge is -2.10. The van der Waals surface area contributed by atoms with E-state index in [0.717, 1.165) is 0 Å². The molecule has 17 heavy (non-hydrogen) atoms. The molecule has 94 valence electrons. The summed E-state index contributed by atoms with van der Waals surface area (Å²) in [6, 6.07) is 1.59. The zero-order chi connectivity index (χ0) is 12.8. The summed E-state index contributed by atoms with van der Waals surface area (Å²) in [5.74, 6) is 0.807. The third-order valence-electron chi connectivity index (χ3n) is 2.01. The van der Waals surface area contributed by atoms with Crippen molar-refractivity contribution in [1.29, 1.82) is 0 Å². The van der Waals surface area contributed by atoms with Crippen LogP contribution < -0.4 is 16.4 Å². The minimum absolute atomic E-state index is 0.0881. The molecule has 1 rings (SSSR count). The first-order valence-corrected chi connectivity index (χ1v) is 5.78. The number of aromatic nitrogens is 1. The number of hydrogen-bond donors (Lipinski definition) is 3. The first-order chi connectivity index (χ1) is 7.99. The van der Waals surface area contributed by atoms with Crippen molar-refractivity contribution in [3.8, 4) is 0 Å². The molecule has 1 aromatic rings. The Labute approximate surface area is 106 Å². The van der Waals surface area contributed by atoms with Crippen molar-refractivity contribution < 1.29 is 4.79 Å². The number of anilines is 2. The van der Waals surface area contributed by atoms with Gasteiger partial charge in [-0.2, -0.15) is 0 Å². The molecule has 0 spiro atoms. The average molecular weight is 257 g/mol. The number of nitrogens with two attached hydrogens (primary N) is 1. The molecule has 0 saturated carbocycles.